The number of hydrogen-bond acceptors (Lipinski definition) is 2. The molecule has 0 aromatic heterocycles. The molecule has 0 radical (unpaired) electrons. The molecule has 3 nitrogen and oxygen atoms in total. The van der Waals surface area contributed by atoms with Gasteiger partial charge in [0.05, 0.1) is 19.1 Å². The van der Waals surface area contributed by atoms with Gasteiger partial charge in [0.1, 0.15) is 5.82 Å². The van der Waals surface area contributed by atoms with Crippen molar-refractivity contribution in [3.05, 3.63) is 35.6 Å². The van der Waals surface area contributed by atoms with Crippen LogP contribution in [0, 0.1) is 11.7 Å². The molecule has 4 heteroatoms. The van der Waals surface area contributed by atoms with E-state index in [4.69, 9.17) is 9.84 Å². The van der Waals surface area contributed by atoms with Gasteiger partial charge in [0.15, 0.2) is 0 Å². The van der Waals surface area contributed by atoms with Crippen molar-refractivity contribution >= 4 is 5.97 Å². The Balaban J connectivity index is 2.22. The van der Waals surface area contributed by atoms with Crippen molar-refractivity contribution in [3.63, 3.8) is 0 Å². The van der Waals surface area contributed by atoms with Crippen LogP contribution in [-0.2, 0) is 14.9 Å². The van der Waals surface area contributed by atoms with E-state index >= 15 is 0 Å². The molecular weight excluding hydrogens is 223 g/mol. The van der Waals surface area contributed by atoms with Crippen LogP contribution in [0.1, 0.15) is 18.9 Å². The van der Waals surface area contributed by atoms with Gasteiger partial charge in [-0.05, 0) is 24.1 Å². The van der Waals surface area contributed by atoms with E-state index < -0.39 is 11.9 Å². The molecule has 0 spiro atoms. The van der Waals surface area contributed by atoms with Gasteiger partial charge in [-0.15, -0.1) is 0 Å². The monoisotopic (exact) mass is 238 g/mol. The minimum atomic E-state index is -0.826. The molecule has 0 aliphatic carbocycles. The van der Waals surface area contributed by atoms with E-state index in [2.05, 4.69) is 0 Å². The Morgan fingerprint density at radius 2 is 2.29 bits per heavy atom. The first-order valence-corrected chi connectivity index (χ1v) is 5.60. The van der Waals surface area contributed by atoms with Crippen LogP contribution >= 0.6 is 0 Å². The molecule has 2 rings (SSSR count). The summed E-state index contributed by atoms with van der Waals surface area (Å²) in [4.78, 5) is 10.9. The summed E-state index contributed by atoms with van der Waals surface area (Å²) in [5.74, 6) is -1.58. The normalized spacial score (nSPS) is 19.4. The Kier molecular flexibility index (Phi) is 3.15. The molecule has 17 heavy (non-hydrogen) atoms. The van der Waals surface area contributed by atoms with Gasteiger partial charge in [-0.3, -0.25) is 4.79 Å². The molecule has 1 aliphatic rings. The summed E-state index contributed by atoms with van der Waals surface area (Å²) < 4.78 is 18.4. The average molecular weight is 238 g/mol. The molecule has 1 aromatic rings. The number of aliphatic carboxylic acids is 1. The Hall–Kier alpha value is -1.42. The molecule has 0 bridgehead atoms. The lowest BCUT2D eigenvalue weighted by molar-refractivity contribution is -0.144. The first-order valence-electron chi connectivity index (χ1n) is 5.60. The van der Waals surface area contributed by atoms with Gasteiger partial charge in [0, 0.05) is 5.41 Å². The summed E-state index contributed by atoms with van der Waals surface area (Å²) in [6, 6.07) is 6.34. The highest BCUT2D eigenvalue weighted by atomic mass is 19.1. The van der Waals surface area contributed by atoms with Crippen LogP contribution in [0.15, 0.2) is 24.3 Å². The largest absolute Gasteiger partial charge is 0.481 e. The molecule has 1 heterocycles. The molecule has 0 saturated carbocycles. The minimum Gasteiger partial charge on any atom is -0.481 e. The van der Waals surface area contributed by atoms with Crippen molar-refractivity contribution < 1.29 is 19.0 Å². The number of benzene rings is 1. The Labute approximate surface area is 99.2 Å². The van der Waals surface area contributed by atoms with Gasteiger partial charge in [0.25, 0.3) is 0 Å². The van der Waals surface area contributed by atoms with Crippen molar-refractivity contribution in [3.8, 4) is 0 Å². The summed E-state index contributed by atoms with van der Waals surface area (Å²) in [5.41, 5.74) is 0.497. The van der Waals surface area contributed by atoms with E-state index in [9.17, 15) is 9.18 Å². The van der Waals surface area contributed by atoms with E-state index in [-0.39, 0.29) is 11.2 Å². The quantitative estimate of drug-likeness (QED) is 0.874. The second-order valence-corrected chi connectivity index (χ2v) is 4.73. The number of halogens is 1. The molecule has 1 saturated heterocycles. The van der Waals surface area contributed by atoms with E-state index in [1.54, 1.807) is 13.0 Å². The number of carboxylic acid groups (broad SMARTS) is 1. The van der Waals surface area contributed by atoms with E-state index in [0.717, 1.165) is 5.56 Å². The maximum absolute atomic E-state index is 13.2. The highest BCUT2D eigenvalue weighted by molar-refractivity contribution is 5.69. The SMILES string of the molecule is CC(CC1(c2cccc(F)c2)COC1)C(=O)O. The molecule has 1 atom stereocenters. The molecule has 1 unspecified atom stereocenters. The van der Waals surface area contributed by atoms with Crippen LogP contribution in [0.4, 0.5) is 4.39 Å². The second kappa shape index (κ2) is 4.45. The van der Waals surface area contributed by atoms with E-state index in [0.29, 0.717) is 19.6 Å². The first kappa shape index (κ1) is 12.0. The Morgan fingerprint density at radius 3 is 2.76 bits per heavy atom. The summed E-state index contributed by atoms with van der Waals surface area (Å²) in [6.07, 6.45) is 0.478. The molecule has 1 aromatic carbocycles. The fourth-order valence-electron chi connectivity index (χ4n) is 2.24. The molecule has 0 amide bonds. The predicted octanol–water partition coefficient (Wildman–Crippen LogP) is 2.20. The number of rotatable bonds is 4. The lowest BCUT2D eigenvalue weighted by atomic mass is 9.72. The minimum absolute atomic E-state index is 0.295. The Bertz CT molecular complexity index is 426. The summed E-state index contributed by atoms with van der Waals surface area (Å²) in [7, 11) is 0. The number of hydrogen-bond donors (Lipinski definition) is 1. The predicted molar refractivity (Wildman–Crippen MR) is 60.3 cm³/mol. The maximum Gasteiger partial charge on any atom is 0.306 e. The zero-order valence-corrected chi connectivity index (χ0v) is 9.65. The molecule has 92 valence electrons. The van der Waals surface area contributed by atoms with Gasteiger partial charge < -0.3 is 9.84 Å². The Morgan fingerprint density at radius 1 is 1.59 bits per heavy atom. The zero-order chi connectivity index (χ0) is 12.5. The van der Waals surface area contributed by atoms with Crippen LogP contribution in [0.25, 0.3) is 0 Å². The van der Waals surface area contributed by atoms with Crippen molar-refractivity contribution in [2.75, 3.05) is 13.2 Å². The third-order valence-corrected chi connectivity index (χ3v) is 3.31. The van der Waals surface area contributed by atoms with Crippen molar-refractivity contribution in [1.82, 2.24) is 0 Å². The van der Waals surface area contributed by atoms with E-state index in [1.807, 2.05) is 6.07 Å². The summed E-state index contributed by atoms with van der Waals surface area (Å²) in [5, 5.41) is 8.95. The van der Waals surface area contributed by atoms with Gasteiger partial charge in [0.2, 0.25) is 0 Å². The van der Waals surface area contributed by atoms with Crippen LogP contribution < -0.4 is 0 Å². The summed E-state index contributed by atoms with van der Waals surface area (Å²) >= 11 is 0. The van der Waals surface area contributed by atoms with Gasteiger partial charge >= 0.3 is 5.97 Å². The van der Waals surface area contributed by atoms with Crippen LogP contribution in [0.3, 0.4) is 0 Å². The molecule has 1 fully saturated rings. The fraction of sp³-hybridized carbons (Fsp3) is 0.462. The van der Waals surface area contributed by atoms with Gasteiger partial charge in [-0.2, -0.15) is 0 Å². The highest BCUT2D eigenvalue weighted by Gasteiger charge is 2.42. The number of carbonyl (C=O) groups is 1. The molecular formula is C13H15FO3. The summed E-state index contributed by atoms with van der Waals surface area (Å²) in [6.45, 7) is 2.60. The molecule has 1 N–H and O–H groups in total. The topological polar surface area (TPSA) is 46.5 Å². The maximum atomic E-state index is 13.2. The average Bonchev–Trinajstić information content (AvgIpc) is 2.22. The van der Waals surface area contributed by atoms with Gasteiger partial charge in [-0.1, -0.05) is 19.1 Å². The van der Waals surface area contributed by atoms with Crippen molar-refractivity contribution in [1.29, 1.82) is 0 Å². The lowest BCUT2D eigenvalue weighted by Crippen LogP contribution is -2.48. The smallest absolute Gasteiger partial charge is 0.306 e. The zero-order valence-electron chi connectivity index (χ0n) is 9.65. The third-order valence-electron chi connectivity index (χ3n) is 3.31. The fourth-order valence-corrected chi connectivity index (χ4v) is 2.24. The van der Waals surface area contributed by atoms with E-state index in [1.165, 1.54) is 12.1 Å². The molecule has 1 aliphatic heterocycles. The number of carboxylic acids is 1. The first-order chi connectivity index (χ1) is 8.03. The van der Waals surface area contributed by atoms with Gasteiger partial charge in [-0.25, -0.2) is 4.39 Å². The van der Waals surface area contributed by atoms with Crippen LogP contribution in [0.5, 0.6) is 0 Å². The standard InChI is InChI=1S/C13H15FO3/c1-9(12(15)16)6-13(7-17-8-13)10-3-2-4-11(14)5-10/h2-5,9H,6-8H2,1H3,(H,15,16). The second-order valence-electron chi connectivity index (χ2n) is 4.73. The highest BCUT2D eigenvalue weighted by Crippen LogP contribution is 2.38. The lowest BCUT2D eigenvalue weighted by Gasteiger charge is -2.43. The van der Waals surface area contributed by atoms with Crippen molar-refractivity contribution in [2.45, 2.75) is 18.8 Å². The number of ether oxygens (including phenoxy) is 1. The van der Waals surface area contributed by atoms with Crippen molar-refractivity contribution in [2.24, 2.45) is 5.92 Å². The van der Waals surface area contributed by atoms with Crippen LogP contribution in [-0.4, -0.2) is 24.3 Å². The third kappa shape index (κ3) is 2.31. The van der Waals surface area contributed by atoms with Crippen LogP contribution in [0.2, 0.25) is 0 Å².